The normalized spacial score (nSPS) is 13.5. The lowest BCUT2D eigenvalue weighted by molar-refractivity contribution is 0.0948. The molecule has 0 bridgehead atoms. The minimum atomic E-state index is -0.409. The number of carbonyl (C=O) groups excluding carboxylic acids is 2. The quantitative estimate of drug-likeness (QED) is 0.0699. The summed E-state index contributed by atoms with van der Waals surface area (Å²) in [5, 5.41) is 17.2. The molecule has 6 rings (SSSR count). The van der Waals surface area contributed by atoms with Crippen LogP contribution in [0, 0.1) is 5.92 Å². The van der Waals surface area contributed by atoms with Gasteiger partial charge in [-0.1, -0.05) is 45.0 Å². The molecule has 0 saturated carbocycles. The van der Waals surface area contributed by atoms with Crippen LogP contribution in [-0.4, -0.2) is 69.8 Å². The van der Waals surface area contributed by atoms with Crippen LogP contribution in [0.25, 0.3) is 10.8 Å². The van der Waals surface area contributed by atoms with Crippen LogP contribution in [0.4, 0.5) is 33.4 Å². The Hall–Kier alpha value is -6.01. The third-order valence-electron chi connectivity index (χ3n) is 10.4. The fourth-order valence-corrected chi connectivity index (χ4v) is 7.12. The number of hydrogen-bond donors (Lipinski definition) is 5. The maximum absolute atomic E-state index is 13.4. The Labute approximate surface area is 335 Å². The van der Waals surface area contributed by atoms with Gasteiger partial charge in [0.05, 0.1) is 36.8 Å². The van der Waals surface area contributed by atoms with E-state index in [0.29, 0.717) is 58.0 Å². The van der Waals surface area contributed by atoms with Crippen molar-refractivity contribution in [3.8, 4) is 23.0 Å². The van der Waals surface area contributed by atoms with Crippen molar-refractivity contribution in [2.24, 2.45) is 5.92 Å². The van der Waals surface area contributed by atoms with E-state index in [4.69, 9.17) is 14.2 Å². The van der Waals surface area contributed by atoms with Gasteiger partial charge in [0.1, 0.15) is 23.1 Å². The Kier molecular flexibility index (Phi) is 13.0. The number of piperidine rings is 1. The predicted octanol–water partition coefficient (Wildman–Crippen LogP) is 9.62. The van der Waals surface area contributed by atoms with E-state index in [9.17, 15) is 9.59 Å². The Balaban J connectivity index is 1.11. The minimum absolute atomic E-state index is 0.146. The number of anilines is 5. The fraction of sp³-hybridized carbons (Fsp3) is 0.356. The fourth-order valence-electron chi connectivity index (χ4n) is 7.12. The number of likely N-dealkylation sites (tertiary alicyclic amines) is 1. The molecule has 1 aromatic heterocycles. The van der Waals surface area contributed by atoms with Crippen molar-refractivity contribution in [2.45, 2.75) is 51.9 Å². The van der Waals surface area contributed by atoms with E-state index in [2.05, 4.69) is 64.3 Å². The van der Waals surface area contributed by atoms with E-state index in [-0.39, 0.29) is 11.3 Å². The summed E-state index contributed by atoms with van der Waals surface area (Å²) in [6, 6.07) is 23.9. The van der Waals surface area contributed by atoms with Crippen molar-refractivity contribution < 1.29 is 23.8 Å². The highest BCUT2D eigenvalue weighted by Gasteiger charge is 2.21. The van der Waals surface area contributed by atoms with E-state index in [0.717, 1.165) is 53.9 Å². The molecule has 1 fully saturated rings. The van der Waals surface area contributed by atoms with Gasteiger partial charge in [-0.15, -0.1) is 0 Å². The van der Waals surface area contributed by atoms with Crippen molar-refractivity contribution in [2.75, 3.05) is 69.2 Å². The SMILES string of the molecule is CNc1cc(C(C)(C)C)cc(NC(=O)Nc2ccc(Oc3ccnc(Nc4ccc(C(=O)NCCCC5CCN(C)CC5)c(OC)c4)c3)c3ccccc23)c1OC. The summed E-state index contributed by atoms with van der Waals surface area (Å²) in [6.45, 7) is 9.29. The maximum Gasteiger partial charge on any atom is 0.323 e. The van der Waals surface area contributed by atoms with Crippen molar-refractivity contribution in [1.29, 1.82) is 0 Å². The van der Waals surface area contributed by atoms with Crippen LogP contribution >= 0.6 is 0 Å². The second-order valence-corrected chi connectivity index (χ2v) is 15.5. The first kappa shape index (κ1) is 40.6. The second kappa shape index (κ2) is 18.3. The molecule has 12 nitrogen and oxygen atoms in total. The van der Waals surface area contributed by atoms with Crippen LogP contribution in [0.3, 0.4) is 0 Å². The lowest BCUT2D eigenvalue weighted by Gasteiger charge is -2.28. The number of amides is 3. The zero-order valence-corrected chi connectivity index (χ0v) is 34.0. The molecule has 57 heavy (non-hydrogen) atoms. The lowest BCUT2D eigenvalue weighted by atomic mass is 9.86. The van der Waals surface area contributed by atoms with Gasteiger partial charge in [-0.25, -0.2) is 9.78 Å². The van der Waals surface area contributed by atoms with Crippen LogP contribution < -0.4 is 40.8 Å². The van der Waals surface area contributed by atoms with E-state index < -0.39 is 6.03 Å². The number of pyridine rings is 1. The molecular formula is C45H55N7O5. The smallest absolute Gasteiger partial charge is 0.323 e. The molecule has 4 aromatic carbocycles. The van der Waals surface area contributed by atoms with E-state index >= 15 is 0 Å². The molecule has 3 amide bonds. The Morgan fingerprint density at radius 3 is 2.30 bits per heavy atom. The first-order valence-corrected chi connectivity index (χ1v) is 19.5. The van der Waals surface area contributed by atoms with Crippen molar-refractivity contribution in [1.82, 2.24) is 15.2 Å². The minimum Gasteiger partial charge on any atom is -0.496 e. The van der Waals surface area contributed by atoms with Gasteiger partial charge in [0.2, 0.25) is 0 Å². The van der Waals surface area contributed by atoms with Crippen molar-refractivity contribution in [3.63, 3.8) is 0 Å². The van der Waals surface area contributed by atoms with Crippen LogP contribution in [0.1, 0.15) is 62.4 Å². The van der Waals surface area contributed by atoms with E-state index in [1.54, 1.807) is 44.7 Å². The maximum atomic E-state index is 13.4. The van der Waals surface area contributed by atoms with Crippen LogP contribution in [-0.2, 0) is 5.41 Å². The van der Waals surface area contributed by atoms with Crippen molar-refractivity contribution >= 4 is 51.3 Å². The molecule has 1 saturated heterocycles. The Morgan fingerprint density at radius 2 is 1.58 bits per heavy atom. The Morgan fingerprint density at radius 1 is 0.842 bits per heavy atom. The first-order valence-electron chi connectivity index (χ1n) is 19.5. The number of benzene rings is 4. The van der Waals surface area contributed by atoms with Gasteiger partial charge >= 0.3 is 6.03 Å². The molecule has 1 aliphatic rings. The number of hydrogen-bond acceptors (Lipinski definition) is 9. The van der Waals surface area contributed by atoms with Gasteiger partial charge in [-0.05, 0) is 105 Å². The van der Waals surface area contributed by atoms with Gasteiger partial charge in [0, 0.05) is 48.4 Å². The number of urea groups is 1. The molecule has 0 spiro atoms. The molecular weight excluding hydrogens is 719 g/mol. The van der Waals surface area contributed by atoms with Crippen LogP contribution in [0.15, 0.2) is 85.1 Å². The summed E-state index contributed by atoms with van der Waals surface area (Å²) < 4.78 is 17.7. The van der Waals surface area contributed by atoms with Gasteiger partial charge in [-0.3, -0.25) is 4.79 Å². The zero-order chi connectivity index (χ0) is 40.5. The predicted molar refractivity (Wildman–Crippen MR) is 230 cm³/mol. The standard InChI is InChI=1S/C45H55N7O5/c1-45(2,3)30-25-37(46-4)42(56-7)38(26-30)51-44(54)50-36-16-17-39(34-13-9-8-12-33(34)36)57-32-18-22-47-41(28-32)49-31-14-15-35(40(27-31)55-6)43(53)48-21-10-11-29-19-23-52(5)24-20-29/h8-9,12-18,22,25-29,46H,10-11,19-21,23-24H2,1-7H3,(H,47,49)(H,48,53)(H2,50,51,54). The number of fused-ring (bicyclic) bond motifs is 1. The summed E-state index contributed by atoms with van der Waals surface area (Å²) >= 11 is 0. The highest BCUT2D eigenvalue weighted by molar-refractivity contribution is 6.08. The summed E-state index contributed by atoms with van der Waals surface area (Å²) in [6.07, 6.45) is 6.20. The molecule has 1 aliphatic heterocycles. The lowest BCUT2D eigenvalue weighted by Crippen LogP contribution is -2.31. The molecule has 12 heteroatoms. The molecule has 5 aromatic rings. The van der Waals surface area contributed by atoms with E-state index in [1.807, 2.05) is 61.6 Å². The number of nitrogens with zero attached hydrogens (tertiary/aromatic N) is 2. The summed E-state index contributed by atoms with van der Waals surface area (Å²) in [5.41, 5.74) is 4.04. The topological polar surface area (TPSA) is 138 Å². The molecule has 2 heterocycles. The summed E-state index contributed by atoms with van der Waals surface area (Å²) in [7, 11) is 7.14. The van der Waals surface area contributed by atoms with Crippen LogP contribution in [0.5, 0.6) is 23.0 Å². The number of nitrogens with one attached hydrogen (secondary N) is 5. The molecule has 0 aliphatic carbocycles. The van der Waals surface area contributed by atoms with Gasteiger partial charge < -0.3 is 45.7 Å². The summed E-state index contributed by atoms with van der Waals surface area (Å²) in [5.74, 6) is 3.31. The second-order valence-electron chi connectivity index (χ2n) is 15.5. The Bertz CT molecular complexity index is 2190. The number of rotatable bonds is 14. The zero-order valence-electron chi connectivity index (χ0n) is 34.0. The average Bonchev–Trinajstić information content (AvgIpc) is 3.20. The molecule has 300 valence electrons. The molecule has 5 N–H and O–H groups in total. The van der Waals surface area contributed by atoms with Gasteiger partial charge in [0.25, 0.3) is 5.91 Å². The highest BCUT2D eigenvalue weighted by Crippen LogP contribution is 2.39. The molecule has 0 atom stereocenters. The van der Waals surface area contributed by atoms with Gasteiger partial charge in [-0.2, -0.15) is 0 Å². The van der Waals surface area contributed by atoms with Crippen LogP contribution in [0.2, 0.25) is 0 Å². The van der Waals surface area contributed by atoms with Gasteiger partial charge in [0.15, 0.2) is 5.75 Å². The third kappa shape index (κ3) is 10.2. The highest BCUT2D eigenvalue weighted by atomic mass is 16.5. The number of aromatic nitrogens is 1. The summed E-state index contributed by atoms with van der Waals surface area (Å²) in [4.78, 5) is 33.4. The largest absolute Gasteiger partial charge is 0.496 e. The molecule has 0 radical (unpaired) electrons. The number of carbonyl (C=O) groups is 2. The third-order valence-corrected chi connectivity index (χ3v) is 10.4. The van der Waals surface area contributed by atoms with E-state index in [1.165, 1.54) is 12.8 Å². The average molecular weight is 774 g/mol. The number of methoxy groups -OCH3 is 2. The monoisotopic (exact) mass is 773 g/mol. The number of ether oxygens (including phenoxy) is 3. The first-order chi connectivity index (χ1) is 27.4. The molecule has 0 unspecified atom stereocenters. The van der Waals surface area contributed by atoms with Crippen molar-refractivity contribution in [3.05, 3.63) is 96.2 Å².